The van der Waals surface area contributed by atoms with Gasteiger partial charge in [0, 0.05) is 11.4 Å². The van der Waals surface area contributed by atoms with Crippen molar-refractivity contribution in [1.29, 1.82) is 0 Å². The van der Waals surface area contributed by atoms with Crippen molar-refractivity contribution in [3.8, 4) is 5.82 Å². The highest BCUT2D eigenvalue weighted by molar-refractivity contribution is 5.85. The van der Waals surface area contributed by atoms with Gasteiger partial charge in [-0.3, -0.25) is 0 Å². The molecule has 0 aliphatic rings. The highest BCUT2D eigenvalue weighted by atomic mass is 35.5. The van der Waals surface area contributed by atoms with E-state index in [-0.39, 0.29) is 12.4 Å². The number of nitrogens with two attached hydrogens (primary N) is 1. The topological polar surface area (TPSA) is 68.8 Å². The van der Waals surface area contributed by atoms with E-state index in [1.807, 2.05) is 36.6 Å². The molecule has 0 radical (unpaired) electrons. The Morgan fingerprint density at radius 1 is 1.06 bits per heavy atom. The van der Waals surface area contributed by atoms with E-state index in [0.29, 0.717) is 5.82 Å². The van der Waals surface area contributed by atoms with Gasteiger partial charge in [0.15, 0.2) is 11.6 Å². The van der Waals surface area contributed by atoms with E-state index in [1.54, 1.807) is 6.07 Å². The minimum atomic E-state index is 0. The molecule has 0 spiro atoms. The van der Waals surface area contributed by atoms with Crippen LogP contribution in [0.4, 0.5) is 5.82 Å². The Labute approximate surface area is 100 Å². The smallest absolute Gasteiger partial charge is 0.162 e. The summed E-state index contributed by atoms with van der Waals surface area (Å²) in [6, 6.07) is 7.77. The van der Waals surface area contributed by atoms with Crippen molar-refractivity contribution in [3.63, 3.8) is 0 Å². The van der Waals surface area contributed by atoms with Gasteiger partial charge in [-0.15, -0.1) is 22.6 Å². The van der Waals surface area contributed by atoms with E-state index in [1.165, 1.54) is 0 Å². The van der Waals surface area contributed by atoms with Gasteiger partial charge >= 0.3 is 0 Å². The van der Waals surface area contributed by atoms with Crippen molar-refractivity contribution in [2.24, 2.45) is 5.84 Å². The third-order valence-electron chi connectivity index (χ3n) is 2.30. The molecule has 2 heterocycles. The molecule has 3 N–H and O–H groups in total. The van der Waals surface area contributed by atoms with Crippen molar-refractivity contribution >= 4 is 18.2 Å². The van der Waals surface area contributed by atoms with Crippen LogP contribution in [0.3, 0.4) is 0 Å². The van der Waals surface area contributed by atoms with E-state index in [9.17, 15) is 0 Å². The van der Waals surface area contributed by atoms with Gasteiger partial charge in [-0.2, -0.15) is 0 Å². The number of hydrogen-bond donors (Lipinski definition) is 2. The van der Waals surface area contributed by atoms with Crippen molar-refractivity contribution in [2.75, 3.05) is 5.43 Å². The van der Waals surface area contributed by atoms with E-state index >= 15 is 0 Å². The Morgan fingerprint density at radius 3 is 2.12 bits per heavy atom. The first-order valence-corrected chi connectivity index (χ1v) is 4.68. The lowest BCUT2D eigenvalue weighted by molar-refractivity contribution is 0.871. The molecule has 6 heteroatoms. The van der Waals surface area contributed by atoms with Gasteiger partial charge in [-0.05, 0) is 38.1 Å². The molecule has 0 amide bonds. The maximum Gasteiger partial charge on any atom is 0.162 e. The van der Waals surface area contributed by atoms with Crippen LogP contribution >= 0.6 is 12.4 Å². The number of hydrogen-bond acceptors (Lipinski definition) is 4. The molecule has 86 valence electrons. The Hall–Kier alpha value is -1.59. The molecule has 16 heavy (non-hydrogen) atoms. The van der Waals surface area contributed by atoms with Gasteiger partial charge in [0.1, 0.15) is 0 Å². The molecule has 0 aromatic carbocycles. The van der Waals surface area contributed by atoms with Gasteiger partial charge in [0.05, 0.1) is 0 Å². The van der Waals surface area contributed by atoms with Crippen LogP contribution in [0, 0.1) is 13.8 Å². The number of nitrogen functional groups attached to an aromatic ring is 1. The molecule has 2 aromatic heterocycles. The molecular weight excluding hydrogens is 226 g/mol. The lowest BCUT2D eigenvalue weighted by Crippen LogP contribution is -2.10. The van der Waals surface area contributed by atoms with Crippen LogP contribution in [0.25, 0.3) is 5.82 Å². The number of hydrazine groups is 1. The monoisotopic (exact) mass is 239 g/mol. The molecule has 2 rings (SSSR count). The minimum absolute atomic E-state index is 0. The average molecular weight is 240 g/mol. The molecule has 0 saturated carbocycles. The highest BCUT2D eigenvalue weighted by Crippen LogP contribution is 2.14. The third kappa shape index (κ3) is 2.15. The van der Waals surface area contributed by atoms with E-state index in [0.717, 1.165) is 17.2 Å². The second-order valence-corrected chi connectivity index (χ2v) is 3.37. The number of nitrogens with one attached hydrogen (secondary N) is 1. The number of aryl methyl sites for hydroxylation is 2. The number of halogens is 1. The molecule has 0 aliphatic heterocycles. The molecule has 0 atom stereocenters. The molecule has 0 bridgehead atoms. The first kappa shape index (κ1) is 12.5. The summed E-state index contributed by atoms with van der Waals surface area (Å²) in [7, 11) is 0. The SMILES string of the molecule is Cc1ccc(C)n1-c1ccc(NN)nn1.Cl. The van der Waals surface area contributed by atoms with Gasteiger partial charge in [0.2, 0.25) is 0 Å². The summed E-state index contributed by atoms with van der Waals surface area (Å²) >= 11 is 0. The van der Waals surface area contributed by atoms with Crippen LogP contribution in [0.15, 0.2) is 24.3 Å². The fourth-order valence-corrected chi connectivity index (χ4v) is 1.55. The van der Waals surface area contributed by atoms with Gasteiger partial charge in [-0.25, -0.2) is 5.84 Å². The summed E-state index contributed by atoms with van der Waals surface area (Å²) in [4.78, 5) is 0. The zero-order valence-corrected chi connectivity index (χ0v) is 9.95. The molecule has 0 fully saturated rings. The Morgan fingerprint density at radius 2 is 1.69 bits per heavy atom. The summed E-state index contributed by atoms with van der Waals surface area (Å²) in [6.07, 6.45) is 0. The molecule has 0 unspecified atom stereocenters. The standard InChI is InChI=1S/C10H13N5.ClH/c1-7-3-4-8(2)15(7)10-6-5-9(12-11)13-14-10;/h3-6H,11H2,1-2H3,(H,12,13);1H. The Bertz CT molecular complexity index is 443. The first-order chi connectivity index (χ1) is 7.22. The Kier molecular flexibility index (Phi) is 3.87. The highest BCUT2D eigenvalue weighted by Gasteiger charge is 2.05. The molecule has 2 aromatic rings. The van der Waals surface area contributed by atoms with Gasteiger partial charge in [-0.1, -0.05) is 0 Å². The molecule has 0 saturated heterocycles. The predicted octanol–water partition coefficient (Wildman–Crippen LogP) is 1.59. The van der Waals surface area contributed by atoms with Crippen LogP contribution in [-0.4, -0.2) is 14.8 Å². The summed E-state index contributed by atoms with van der Waals surface area (Å²) in [5.41, 5.74) is 4.71. The van der Waals surface area contributed by atoms with Gasteiger partial charge < -0.3 is 9.99 Å². The van der Waals surface area contributed by atoms with Crippen LogP contribution < -0.4 is 11.3 Å². The number of aromatic nitrogens is 3. The third-order valence-corrected chi connectivity index (χ3v) is 2.30. The number of anilines is 1. The average Bonchev–Trinajstić information content (AvgIpc) is 2.59. The summed E-state index contributed by atoms with van der Waals surface area (Å²) in [6.45, 7) is 4.06. The van der Waals surface area contributed by atoms with Crippen LogP contribution in [0.1, 0.15) is 11.4 Å². The van der Waals surface area contributed by atoms with Crippen molar-refractivity contribution in [1.82, 2.24) is 14.8 Å². The summed E-state index contributed by atoms with van der Waals surface area (Å²) < 4.78 is 2.04. The fourth-order valence-electron chi connectivity index (χ4n) is 1.55. The van der Waals surface area contributed by atoms with E-state index in [2.05, 4.69) is 15.6 Å². The quantitative estimate of drug-likeness (QED) is 0.617. The van der Waals surface area contributed by atoms with Crippen molar-refractivity contribution < 1.29 is 0 Å². The molecule has 5 nitrogen and oxygen atoms in total. The zero-order valence-electron chi connectivity index (χ0n) is 9.14. The van der Waals surface area contributed by atoms with Crippen LogP contribution in [-0.2, 0) is 0 Å². The van der Waals surface area contributed by atoms with Crippen molar-refractivity contribution in [2.45, 2.75) is 13.8 Å². The number of nitrogens with zero attached hydrogens (tertiary/aromatic N) is 3. The lowest BCUT2D eigenvalue weighted by atomic mass is 10.4. The van der Waals surface area contributed by atoms with Crippen LogP contribution in [0.2, 0.25) is 0 Å². The summed E-state index contributed by atoms with van der Waals surface area (Å²) in [5, 5.41) is 8.01. The van der Waals surface area contributed by atoms with Crippen LogP contribution in [0.5, 0.6) is 0 Å². The Balaban J connectivity index is 0.00000128. The normalized spacial score (nSPS) is 9.69. The zero-order chi connectivity index (χ0) is 10.8. The van der Waals surface area contributed by atoms with E-state index in [4.69, 9.17) is 5.84 Å². The molecule has 0 aliphatic carbocycles. The van der Waals surface area contributed by atoms with E-state index < -0.39 is 0 Å². The number of rotatable bonds is 2. The molecular formula is C10H14ClN5. The second-order valence-electron chi connectivity index (χ2n) is 3.37. The largest absolute Gasteiger partial charge is 0.307 e. The van der Waals surface area contributed by atoms with Crippen molar-refractivity contribution in [3.05, 3.63) is 35.7 Å². The maximum absolute atomic E-state index is 5.22. The second kappa shape index (κ2) is 4.96. The summed E-state index contributed by atoms with van der Waals surface area (Å²) in [5.74, 6) is 6.58. The fraction of sp³-hybridized carbons (Fsp3) is 0.200. The minimum Gasteiger partial charge on any atom is -0.307 e. The predicted molar refractivity (Wildman–Crippen MR) is 65.9 cm³/mol. The first-order valence-electron chi connectivity index (χ1n) is 4.68. The van der Waals surface area contributed by atoms with Gasteiger partial charge in [0.25, 0.3) is 0 Å². The lowest BCUT2D eigenvalue weighted by Gasteiger charge is -2.07. The maximum atomic E-state index is 5.22.